The molecule has 0 aliphatic carbocycles. The van der Waals surface area contributed by atoms with E-state index in [4.69, 9.17) is 0 Å². The van der Waals surface area contributed by atoms with Gasteiger partial charge in [0.15, 0.2) is 0 Å². The van der Waals surface area contributed by atoms with Crippen LogP contribution in [0.5, 0.6) is 0 Å². The Morgan fingerprint density at radius 3 is 3.08 bits per heavy atom. The Labute approximate surface area is 88.8 Å². The van der Waals surface area contributed by atoms with Crippen LogP contribution in [0.25, 0.3) is 0 Å². The van der Waals surface area contributed by atoms with E-state index in [1.54, 1.807) is 0 Å². The molecule has 0 bridgehead atoms. The van der Waals surface area contributed by atoms with Crippen molar-refractivity contribution in [1.82, 2.24) is 0 Å². The smallest absolute Gasteiger partial charge is 0.0377 e. The summed E-state index contributed by atoms with van der Waals surface area (Å²) in [7, 11) is 0. The van der Waals surface area contributed by atoms with Crippen LogP contribution in [0.3, 0.4) is 0 Å². The number of hydrogen-bond acceptors (Lipinski definition) is 1. The molecule has 0 fully saturated rings. The molecule has 1 aromatic carbocycles. The Hall–Kier alpha value is -0.0200. The van der Waals surface area contributed by atoms with Crippen LogP contribution in [0.15, 0.2) is 22.7 Å². The molecule has 64 valence electrons. The van der Waals surface area contributed by atoms with E-state index in [9.17, 15) is 0 Å². The quantitative estimate of drug-likeness (QED) is 0.782. The number of alkyl halides is 1. The lowest BCUT2D eigenvalue weighted by Crippen LogP contribution is -2.02. The largest absolute Gasteiger partial charge is 0.384 e. The van der Waals surface area contributed by atoms with Gasteiger partial charge in [0, 0.05) is 28.0 Å². The zero-order valence-electron chi connectivity index (χ0n) is 6.48. The fourth-order valence-corrected chi connectivity index (χ4v) is 2.47. The van der Waals surface area contributed by atoms with Crippen LogP contribution in [-0.4, -0.2) is 11.9 Å². The van der Waals surface area contributed by atoms with Crippen LogP contribution < -0.4 is 5.32 Å². The van der Waals surface area contributed by atoms with Crippen LogP contribution in [-0.2, 0) is 0 Å². The van der Waals surface area contributed by atoms with Gasteiger partial charge in [-0.05, 0) is 23.8 Å². The van der Waals surface area contributed by atoms with Gasteiger partial charge >= 0.3 is 0 Å². The number of fused-ring (bicyclic) bond motifs is 1. The third-order valence-electron chi connectivity index (χ3n) is 2.18. The van der Waals surface area contributed by atoms with Crippen LogP contribution in [0, 0.1) is 0 Å². The van der Waals surface area contributed by atoms with Crippen molar-refractivity contribution in [2.24, 2.45) is 0 Å². The summed E-state index contributed by atoms with van der Waals surface area (Å²) in [6.07, 6.45) is 0. The van der Waals surface area contributed by atoms with Crippen LogP contribution >= 0.6 is 31.9 Å². The Bertz CT molecular complexity index is 299. The molecule has 1 unspecified atom stereocenters. The summed E-state index contributed by atoms with van der Waals surface area (Å²) in [6.45, 7) is 1.05. The number of rotatable bonds is 1. The summed E-state index contributed by atoms with van der Waals surface area (Å²) in [6, 6.07) is 6.39. The van der Waals surface area contributed by atoms with Crippen molar-refractivity contribution in [2.75, 3.05) is 17.2 Å². The second-order valence-electron chi connectivity index (χ2n) is 2.96. The Balaban J connectivity index is 2.42. The maximum atomic E-state index is 3.52. The molecule has 1 atom stereocenters. The second-order valence-corrected chi connectivity index (χ2v) is 4.53. The first-order chi connectivity index (χ1) is 5.81. The molecule has 2 rings (SSSR count). The van der Waals surface area contributed by atoms with E-state index in [0.717, 1.165) is 16.3 Å². The number of anilines is 1. The van der Waals surface area contributed by atoms with Gasteiger partial charge in [-0.3, -0.25) is 0 Å². The van der Waals surface area contributed by atoms with Gasteiger partial charge in [-0.25, -0.2) is 0 Å². The monoisotopic (exact) mass is 289 g/mol. The molecule has 0 radical (unpaired) electrons. The third kappa shape index (κ3) is 1.40. The number of nitrogens with one attached hydrogen (secondary N) is 1. The average molecular weight is 291 g/mol. The molecule has 1 aliphatic heterocycles. The fraction of sp³-hybridized carbons (Fsp3) is 0.333. The maximum absolute atomic E-state index is 3.52. The van der Waals surface area contributed by atoms with Gasteiger partial charge in [-0.15, -0.1) is 0 Å². The van der Waals surface area contributed by atoms with Crippen molar-refractivity contribution in [3.05, 3.63) is 28.2 Å². The van der Waals surface area contributed by atoms with Gasteiger partial charge in [-0.1, -0.05) is 31.9 Å². The first-order valence-electron chi connectivity index (χ1n) is 3.90. The highest BCUT2D eigenvalue weighted by Gasteiger charge is 2.20. The molecular formula is C9H9Br2N. The highest BCUT2D eigenvalue weighted by atomic mass is 79.9. The molecular weight excluding hydrogens is 282 g/mol. The number of hydrogen-bond donors (Lipinski definition) is 1. The van der Waals surface area contributed by atoms with E-state index >= 15 is 0 Å². The van der Waals surface area contributed by atoms with E-state index < -0.39 is 0 Å². The van der Waals surface area contributed by atoms with E-state index in [-0.39, 0.29) is 0 Å². The summed E-state index contributed by atoms with van der Waals surface area (Å²) in [5.74, 6) is 0.623. The van der Waals surface area contributed by atoms with Crippen LogP contribution in [0.1, 0.15) is 11.5 Å². The van der Waals surface area contributed by atoms with Crippen molar-refractivity contribution < 1.29 is 0 Å². The van der Waals surface area contributed by atoms with Gasteiger partial charge < -0.3 is 5.32 Å². The molecule has 1 heterocycles. The van der Waals surface area contributed by atoms with E-state index in [0.29, 0.717) is 5.92 Å². The Kier molecular flexibility index (Phi) is 2.42. The lowest BCUT2D eigenvalue weighted by atomic mass is 10.0. The molecule has 0 amide bonds. The lowest BCUT2D eigenvalue weighted by molar-refractivity contribution is 0.874. The number of benzene rings is 1. The van der Waals surface area contributed by atoms with Crippen LogP contribution in [0.2, 0.25) is 0 Å². The van der Waals surface area contributed by atoms with Gasteiger partial charge in [0.25, 0.3) is 0 Å². The summed E-state index contributed by atoms with van der Waals surface area (Å²) in [5, 5.41) is 4.41. The molecule has 0 spiro atoms. The lowest BCUT2D eigenvalue weighted by Gasteiger charge is -2.04. The summed E-state index contributed by atoms with van der Waals surface area (Å²) < 4.78 is 1.16. The first kappa shape index (κ1) is 8.57. The van der Waals surface area contributed by atoms with Gasteiger partial charge in [-0.2, -0.15) is 0 Å². The minimum absolute atomic E-state index is 0.623. The van der Waals surface area contributed by atoms with Crippen molar-refractivity contribution in [1.29, 1.82) is 0 Å². The summed E-state index contributed by atoms with van der Waals surface area (Å²) in [5.41, 5.74) is 2.70. The van der Waals surface area contributed by atoms with E-state index in [1.165, 1.54) is 11.3 Å². The van der Waals surface area contributed by atoms with Crippen molar-refractivity contribution in [2.45, 2.75) is 5.92 Å². The number of halogens is 2. The second kappa shape index (κ2) is 3.38. The molecule has 0 saturated carbocycles. The standard InChI is InChI=1S/C9H9Br2N/c10-4-6-5-12-9-2-1-7(11)3-8(6)9/h1-3,6,12H,4-5H2. The predicted octanol–water partition coefficient (Wildman–Crippen LogP) is 3.35. The predicted molar refractivity (Wildman–Crippen MR) is 59.2 cm³/mol. The topological polar surface area (TPSA) is 12.0 Å². The highest BCUT2D eigenvalue weighted by molar-refractivity contribution is 9.10. The third-order valence-corrected chi connectivity index (χ3v) is 3.45. The van der Waals surface area contributed by atoms with Gasteiger partial charge in [0.2, 0.25) is 0 Å². The zero-order valence-corrected chi connectivity index (χ0v) is 9.65. The summed E-state index contributed by atoms with van der Waals surface area (Å²) >= 11 is 6.99. The zero-order chi connectivity index (χ0) is 8.55. The van der Waals surface area contributed by atoms with Crippen molar-refractivity contribution in [3.8, 4) is 0 Å². The Morgan fingerprint density at radius 1 is 1.50 bits per heavy atom. The van der Waals surface area contributed by atoms with Gasteiger partial charge in [0.1, 0.15) is 0 Å². The molecule has 0 saturated heterocycles. The van der Waals surface area contributed by atoms with E-state index in [2.05, 4.69) is 55.4 Å². The normalized spacial score (nSPS) is 20.3. The minimum atomic E-state index is 0.623. The SMILES string of the molecule is BrCC1CNc2ccc(Br)cc21. The van der Waals surface area contributed by atoms with Crippen molar-refractivity contribution >= 4 is 37.5 Å². The average Bonchev–Trinajstić information content (AvgIpc) is 2.46. The molecule has 0 aromatic heterocycles. The highest BCUT2D eigenvalue weighted by Crippen LogP contribution is 2.34. The van der Waals surface area contributed by atoms with Crippen molar-refractivity contribution in [3.63, 3.8) is 0 Å². The fourth-order valence-electron chi connectivity index (χ4n) is 1.51. The molecule has 12 heavy (non-hydrogen) atoms. The van der Waals surface area contributed by atoms with Crippen LogP contribution in [0.4, 0.5) is 5.69 Å². The molecule has 1 N–H and O–H groups in total. The van der Waals surface area contributed by atoms with E-state index in [1.807, 2.05) is 0 Å². The summed E-state index contributed by atoms with van der Waals surface area (Å²) in [4.78, 5) is 0. The molecule has 1 aromatic rings. The maximum Gasteiger partial charge on any atom is 0.0377 e. The molecule has 1 nitrogen and oxygen atoms in total. The molecule has 3 heteroatoms. The first-order valence-corrected chi connectivity index (χ1v) is 5.82. The van der Waals surface area contributed by atoms with Gasteiger partial charge in [0.05, 0.1) is 0 Å². The Morgan fingerprint density at radius 2 is 2.33 bits per heavy atom. The minimum Gasteiger partial charge on any atom is -0.384 e. The molecule has 1 aliphatic rings.